The summed E-state index contributed by atoms with van der Waals surface area (Å²) in [6.07, 6.45) is 6.34. The molecule has 0 aliphatic rings. The van der Waals surface area contributed by atoms with Crippen molar-refractivity contribution in [3.63, 3.8) is 0 Å². The fourth-order valence-corrected chi connectivity index (χ4v) is 3.66. The maximum atomic E-state index is 12.5. The third-order valence-electron chi connectivity index (χ3n) is 4.21. The number of amides is 1. The topological polar surface area (TPSA) is 97.4 Å². The molecular formula is C22H21N3O4S. The average molecular weight is 423 g/mol. The molecule has 154 valence electrons. The van der Waals surface area contributed by atoms with Crippen LogP contribution in [0.15, 0.2) is 84.0 Å². The van der Waals surface area contributed by atoms with Gasteiger partial charge in [-0.25, -0.2) is 13.1 Å². The normalized spacial score (nSPS) is 11.4. The number of hydrogen-bond donors (Lipinski definition) is 2. The lowest BCUT2D eigenvalue weighted by molar-refractivity contribution is -0.111. The number of nitrogens with one attached hydrogen (secondary N) is 2. The van der Waals surface area contributed by atoms with E-state index in [0.29, 0.717) is 11.4 Å². The maximum absolute atomic E-state index is 12.5. The predicted molar refractivity (Wildman–Crippen MR) is 115 cm³/mol. The van der Waals surface area contributed by atoms with Crippen LogP contribution in [0.25, 0.3) is 6.08 Å². The Bertz CT molecular complexity index is 1130. The van der Waals surface area contributed by atoms with Crippen LogP contribution in [0.4, 0.5) is 5.69 Å². The van der Waals surface area contributed by atoms with Crippen LogP contribution in [0.2, 0.25) is 0 Å². The van der Waals surface area contributed by atoms with Gasteiger partial charge in [-0.1, -0.05) is 18.2 Å². The molecule has 3 aromatic rings. The van der Waals surface area contributed by atoms with Crippen molar-refractivity contribution in [1.29, 1.82) is 0 Å². The summed E-state index contributed by atoms with van der Waals surface area (Å²) in [5, 5.41) is 2.69. The molecule has 2 N–H and O–H groups in total. The molecule has 0 atom stereocenters. The van der Waals surface area contributed by atoms with Crippen molar-refractivity contribution in [1.82, 2.24) is 9.71 Å². The van der Waals surface area contributed by atoms with Gasteiger partial charge in [-0.15, -0.1) is 0 Å². The van der Waals surface area contributed by atoms with Crippen LogP contribution < -0.4 is 14.8 Å². The Hall–Kier alpha value is -3.49. The summed E-state index contributed by atoms with van der Waals surface area (Å²) in [5.74, 6) is 0.287. The van der Waals surface area contributed by atoms with E-state index in [9.17, 15) is 13.2 Å². The van der Waals surface area contributed by atoms with Crippen molar-refractivity contribution in [2.45, 2.75) is 11.4 Å². The summed E-state index contributed by atoms with van der Waals surface area (Å²) in [7, 11) is -2.18. The van der Waals surface area contributed by atoms with Gasteiger partial charge in [0.05, 0.1) is 12.0 Å². The second-order valence-electron chi connectivity index (χ2n) is 6.26. The molecule has 0 unspecified atom stereocenters. The van der Waals surface area contributed by atoms with Gasteiger partial charge < -0.3 is 10.1 Å². The van der Waals surface area contributed by atoms with Crippen molar-refractivity contribution in [3.05, 3.63) is 90.3 Å². The van der Waals surface area contributed by atoms with E-state index < -0.39 is 10.0 Å². The van der Waals surface area contributed by atoms with Crippen LogP contribution in [-0.2, 0) is 21.4 Å². The Kier molecular flexibility index (Phi) is 6.95. The van der Waals surface area contributed by atoms with Crippen molar-refractivity contribution in [3.8, 4) is 5.75 Å². The second kappa shape index (κ2) is 9.82. The molecule has 3 rings (SSSR count). The minimum absolute atomic E-state index is 0.0997. The summed E-state index contributed by atoms with van der Waals surface area (Å²) < 4.78 is 32.9. The summed E-state index contributed by atoms with van der Waals surface area (Å²) in [6.45, 7) is 0.102. The molecule has 0 spiro atoms. The average Bonchev–Trinajstić information content (AvgIpc) is 2.77. The first-order valence-corrected chi connectivity index (χ1v) is 10.6. The number of methoxy groups -OCH3 is 1. The van der Waals surface area contributed by atoms with E-state index in [4.69, 9.17) is 4.74 Å². The van der Waals surface area contributed by atoms with Crippen LogP contribution in [0.3, 0.4) is 0 Å². The van der Waals surface area contributed by atoms with Gasteiger partial charge in [0, 0.05) is 36.3 Å². The minimum atomic E-state index is -3.71. The van der Waals surface area contributed by atoms with Crippen LogP contribution in [0.5, 0.6) is 5.75 Å². The summed E-state index contributed by atoms with van der Waals surface area (Å²) in [5.41, 5.74) is 2.07. The molecule has 0 saturated carbocycles. The minimum Gasteiger partial charge on any atom is -0.496 e. The van der Waals surface area contributed by atoms with Crippen molar-refractivity contribution in [2.24, 2.45) is 0 Å². The quantitative estimate of drug-likeness (QED) is 0.542. The zero-order valence-corrected chi connectivity index (χ0v) is 17.1. The van der Waals surface area contributed by atoms with Crippen molar-refractivity contribution < 1.29 is 17.9 Å². The van der Waals surface area contributed by atoms with Gasteiger partial charge >= 0.3 is 0 Å². The van der Waals surface area contributed by atoms with Gasteiger partial charge in [-0.05, 0) is 54.1 Å². The van der Waals surface area contributed by atoms with Gasteiger partial charge in [0.15, 0.2) is 0 Å². The van der Waals surface area contributed by atoms with E-state index in [1.807, 2.05) is 12.1 Å². The maximum Gasteiger partial charge on any atom is 0.248 e. The van der Waals surface area contributed by atoms with Gasteiger partial charge in [-0.2, -0.15) is 0 Å². The first kappa shape index (κ1) is 21.2. The number of para-hydroxylation sites is 1. The fraction of sp³-hybridized carbons (Fsp3) is 0.0909. The van der Waals surface area contributed by atoms with Crippen LogP contribution in [0, 0.1) is 0 Å². The molecule has 0 bridgehead atoms. The van der Waals surface area contributed by atoms with E-state index in [2.05, 4.69) is 15.0 Å². The first-order valence-electron chi connectivity index (χ1n) is 9.09. The fourth-order valence-electron chi connectivity index (χ4n) is 2.65. The lowest BCUT2D eigenvalue weighted by Gasteiger charge is -2.10. The molecule has 1 amide bonds. The molecule has 0 fully saturated rings. The molecule has 0 aliphatic heterocycles. The number of nitrogens with zero attached hydrogens (tertiary/aromatic N) is 1. The highest BCUT2D eigenvalue weighted by molar-refractivity contribution is 7.89. The number of aromatic nitrogens is 1. The first-order chi connectivity index (χ1) is 14.5. The van der Waals surface area contributed by atoms with Crippen LogP contribution >= 0.6 is 0 Å². The van der Waals surface area contributed by atoms with Gasteiger partial charge in [0.1, 0.15) is 5.75 Å². The monoisotopic (exact) mass is 423 g/mol. The lowest BCUT2D eigenvalue weighted by atomic mass is 10.2. The van der Waals surface area contributed by atoms with Gasteiger partial charge in [0.2, 0.25) is 15.9 Å². The van der Waals surface area contributed by atoms with Gasteiger partial charge in [-0.3, -0.25) is 9.78 Å². The number of hydrogen-bond acceptors (Lipinski definition) is 5. The Morgan fingerprint density at radius 2 is 1.73 bits per heavy atom. The molecule has 0 aliphatic carbocycles. The summed E-state index contributed by atoms with van der Waals surface area (Å²) in [4.78, 5) is 16.0. The van der Waals surface area contributed by atoms with Crippen LogP contribution in [-0.4, -0.2) is 26.4 Å². The van der Waals surface area contributed by atoms with Crippen molar-refractivity contribution >= 4 is 27.7 Å². The highest BCUT2D eigenvalue weighted by atomic mass is 32.2. The molecule has 0 saturated heterocycles. The number of ether oxygens (including phenoxy) is 1. The third kappa shape index (κ3) is 5.76. The molecule has 1 heterocycles. The zero-order chi connectivity index (χ0) is 21.4. The number of rotatable bonds is 8. The van der Waals surface area contributed by atoms with Crippen molar-refractivity contribution in [2.75, 3.05) is 12.4 Å². The molecule has 1 aromatic heterocycles. The second-order valence-corrected chi connectivity index (χ2v) is 8.03. The molecule has 7 nitrogen and oxygen atoms in total. The molecule has 30 heavy (non-hydrogen) atoms. The standard InChI is InChI=1S/C22H21N3O4S/c1-29-21-5-3-2-4-18(21)16-24-30(27,28)20-9-7-19(8-10-20)25-22(26)11-6-17-12-14-23-15-13-17/h2-15,24H,16H2,1H3,(H,25,26)/b11-6+. The Morgan fingerprint density at radius 1 is 1.03 bits per heavy atom. The number of anilines is 1. The Balaban J connectivity index is 1.61. The smallest absolute Gasteiger partial charge is 0.248 e. The molecule has 0 radical (unpaired) electrons. The Morgan fingerprint density at radius 3 is 2.43 bits per heavy atom. The molecular weight excluding hydrogens is 402 g/mol. The highest BCUT2D eigenvalue weighted by Crippen LogP contribution is 2.19. The number of sulfonamides is 1. The van der Waals surface area contributed by atoms with E-state index >= 15 is 0 Å². The molecule has 8 heteroatoms. The largest absolute Gasteiger partial charge is 0.496 e. The zero-order valence-electron chi connectivity index (χ0n) is 16.3. The number of benzene rings is 2. The van der Waals surface area contributed by atoms with E-state index in [0.717, 1.165) is 11.1 Å². The summed E-state index contributed by atoms with van der Waals surface area (Å²) >= 11 is 0. The highest BCUT2D eigenvalue weighted by Gasteiger charge is 2.15. The van der Waals surface area contributed by atoms with Crippen LogP contribution in [0.1, 0.15) is 11.1 Å². The summed E-state index contributed by atoms with van der Waals surface area (Å²) in [6, 6.07) is 16.7. The van der Waals surface area contributed by atoms with E-state index in [-0.39, 0.29) is 17.3 Å². The van der Waals surface area contributed by atoms with E-state index in [1.54, 1.807) is 42.7 Å². The number of carbonyl (C=O) groups excluding carboxylic acids is 1. The third-order valence-corrected chi connectivity index (χ3v) is 5.63. The Labute approximate surface area is 175 Å². The lowest BCUT2D eigenvalue weighted by Crippen LogP contribution is -2.23. The SMILES string of the molecule is COc1ccccc1CNS(=O)(=O)c1ccc(NC(=O)/C=C/c2ccncc2)cc1. The van der Waals surface area contributed by atoms with E-state index in [1.165, 1.54) is 37.5 Å². The number of pyridine rings is 1. The molecule has 2 aromatic carbocycles. The predicted octanol–water partition coefficient (Wildman–Crippen LogP) is 3.22. The van der Waals surface area contributed by atoms with Gasteiger partial charge in [0.25, 0.3) is 0 Å². The number of carbonyl (C=O) groups is 1.